The molecule has 0 aliphatic heterocycles. The second-order valence-corrected chi connectivity index (χ2v) is 6.28. The first kappa shape index (κ1) is 14.7. The van der Waals surface area contributed by atoms with Gasteiger partial charge in [0.25, 0.3) is 0 Å². The average Bonchev–Trinajstić information content (AvgIpc) is 3.31. The molecular weight excluding hydrogens is 322 g/mol. The van der Waals surface area contributed by atoms with Gasteiger partial charge in [-0.2, -0.15) is 0 Å². The predicted octanol–water partition coefficient (Wildman–Crippen LogP) is 4.94. The number of carbonyl (C=O) groups is 1. The highest BCUT2D eigenvalue weighted by atomic mass is 16.1. The van der Waals surface area contributed by atoms with E-state index >= 15 is 0 Å². The minimum absolute atomic E-state index is 0.00858. The molecule has 4 nitrogen and oxygen atoms in total. The number of aromatic amines is 2. The maximum absolute atomic E-state index is 12.6. The Morgan fingerprint density at radius 1 is 0.731 bits per heavy atom. The van der Waals surface area contributed by atoms with Crippen molar-refractivity contribution in [2.24, 2.45) is 0 Å². The average molecular weight is 337 g/mol. The fourth-order valence-electron chi connectivity index (χ4n) is 3.24. The fourth-order valence-corrected chi connectivity index (χ4v) is 3.24. The summed E-state index contributed by atoms with van der Waals surface area (Å²) in [5.74, 6) is 0.773. The van der Waals surface area contributed by atoms with E-state index in [-0.39, 0.29) is 5.78 Å². The number of rotatable bonds is 3. The Morgan fingerprint density at radius 3 is 2.38 bits per heavy atom. The van der Waals surface area contributed by atoms with E-state index in [1.54, 1.807) is 0 Å². The molecule has 0 spiro atoms. The number of benzene rings is 3. The van der Waals surface area contributed by atoms with Crippen LogP contribution in [0.25, 0.3) is 33.5 Å². The number of fused-ring (bicyclic) bond motifs is 2. The lowest BCUT2D eigenvalue weighted by molar-refractivity contribution is 0.103. The van der Waals surface area contributed by atoms with Crippen LogP contribution in [0.15, 0.2) is 78.9 Å². The first-order chi connectivity index (χ1) is 12.8. The van der Waals surface area contributed by atoms with E-state index in [0.717, 1.165) is 33.5 Å². The van der Waals surface area contributed by atoms with E-state index in [4.69, 9.17) is 0 Å². The number of carbonyl (C=O) groups excluding carboxylic acids is 1. The van der Waals surface area contributed by atoms with Crippen LogP contribution in [0.5, 0.6) is 0 Å². The number of nitrogens with one attached hydrogen (secondary N) is 2. The summed E-state index contributed by atoms with van der Waals surface area (Å²) in [5, 5.41) is 1.14. The van der Waals surface area contributed by atoms with Gasteiger partial charge in [-0.15, -0.1) is 0 Å². The monoisotopic (exact) mass is 337 g/mol. The molecule has 0 fully saturated rings. The third-order valence-electron chi connectivity index (χ3n) is 4.57. The Bertz CT molecular complexity index is 1220. The van der Waals surface area contributed by atoms with E-state index < -0.39 is 0 Å². The van der Waals surface area contributed by atoms with E-state index in [0.29, 0.717) is 11.1 Å². The van der Waals surface area contributed by atoms with Gasteiger partial charge in [-0.05, 0) is 30.3 Å². The van der Waals surface area contributed by atoms with Crippen molar-refractivity contribution >= 4 is 27.7 Å². The third-order valence-corrected chi connectivity index (χ3v) is 4.57. The Morgan fingerprint density at radius 2 is 1.54 bits per heavy atom. The van der Waals surface area contributed by atoms with Crippen LogP contribution in [0.4, 0.5) is 0 Å². The molecule has 2 aromatic heterocycles. The molecule has 124 valence electrons. The van der Waals surface area contributed by atoms with Gasteiger partial charge < -0.3 is 9.97 Å². The summed E-state index contributed by atoms with van der Waals surface area (Å²) in [6, 6.07) is 25.1. The summed E-state index contributed by atoms with van der Waals surface area (Å²) < 4.78 is 0. The molecule has 3 aromatic carbocycles. The second kappa shape index (κ2) is 5.70. The lowest BCUT2D eigenvalue weighted by Gasteiger charge is -2.00. The van der Waals surface area contributed by atoms with Gasteiger partial charge in [-0.3, -0.25) is 4.79 Å². The Hall–Kier alpha value is -3.66. The summed E-state index contributed by atoms with van der Waals surface area (Å²) in [6.07, 6.45) is 0. The van der Waals surface area contributed by atoms with Crippen molar-refractivity contribution in [3.63, 3.8) is 0 Å². The van der Waals surface area contributed by atoms with Crippen LogP contribution < -0.4 is 0 Å². The highest BCUT2D eigenvalue weighted by Gasteiger charge is 2.12. The standard InChI is InChI=1S/C22H15N3O/c26-21(14-6-2-1-3-7-14)16-10-11-18-19(13-16)25-22(24-18)20-12-15-8-4-5-9-17(15)23-20/h1-13,23H,(H,24,25). The summed E-state index contributed by atoms with van der Waals surface area (Å²) in [6.45, 7) is 0. The normalized spacial score (nSPS) is 11.2. The second-order valence-electron chi connectivity index (χ2n) is 6.28. The summed E-state index contributed by atoms with van der Waals surface area (Å²) >= 11 is 0. The van der Waals surface area contributed by atoms with Crippen molar-refractivity contribution in [3.8, 4) is 11.5 Å². The molecule has 0 unspecified atom stereocenters. The lowest BCUT2D eigenvalue weighted by Crippen LogP contribution is -2.00. The maximum atomic E-state index is 12.6. The molecule has 26 heavy (non-hydrogen) atoms. The van der Waals surface area contributed by atoms with Crippen molar-refractivity contribution in [1.29, 1.82) is 0 Å². The first-order valence-electron chi connectivity index (χ1n) is 8.45. The number of hydrogen-bond acceptors (Lipinski definition) is 2. The van der Waals surface area contributed by atoms with Gasteiger partial charge in [0.2, 0.25) is 0 Å². The van der Waals surface area contributed by atoms with Crippen LogP contribution in [0.3, 0.4) is 0 Å². The van der Waals surface area contributed by atoms with Crippen molar-refractivity contribution in [3.05, 3.63) is 90.0 Å². The molecule has 2 heterocycles. The molecule has 4 heteroatoms. The van der Waals surface area contributed by atoms with Crippen LogP contribution in [0.2, 0.25) is 0 Å². The molecule has 0 radical (unpaired) electrons. The van der Waals surface area contributed by atoms with Gasteiger partial charge in [-0.25, -0.2) is 4.98 Å². The van der Waals surface area contributed by atoms with Crippen LogP contribution in [-0.2, 0) is 0 Å². The van der Waals surface area contributed by atoms with Gasteiger partial charge in [0.15, 0.2) is 11.6 Å². The topological polar surface area (TPSA) is 61.5 Å². The zero-order valence-corrected chi connectivity index (χ0v) is 13.9. The molecule has 0 aliphatic carbocycles. The molecule has 0 aliphatic rings. The highest BCUT2D eigenvalue weighted by molar-refractivity contribution is 6.10. The Labute approximate surface area is 149 Å². The van der Waals surface area contributed by atoms with E-state index in [1.807, 2.05) is 66.7 Å². The fraction of sp³-hybridized carbons (Fsp3) is 0. The molecule has 5 aromatic rings. The van der Waals surface area contributed by atoms with Crippen molar-refractivity contribution < 1.29 is 4.79 Å². The number of imidazole rings is 1. The smallest absolute Gasteiger partial charge is 0.193 e. The van der Waals surface area contributed by atoms with Crippen LogP contribution in [0, 0.1) is 0 Å². The Kier molecular flexibility index (Phi) is 3.22. The predicted molar refractivity (Wildman–Crippen MR) is 103 cm³/mol. The third kappa shape index (κ3) is 2.40. The van der Waals surface area contributed by atoms with Gasteiger partial charge in [-0.1, -0.05) is 48.5 Å². The Balaban J connectivity index is 1.57. The van der Waals surface area contributed by atoms with Gasteiger partial charge in [0.1, 0.15) is 0 Å². The van der Waals surface area contributed by atoms with Crippen molar-refractivity contribution in [2.75, 3.05) is 0 Å². The van der Waals surface area contributed by atoms with Gasteiger partial charge >= 0.3 is 0 Å². The van der Waals surface area contributed by atoms with Gasteiger partial charge in [0, 0.05) is 22.0 Å². The molecular formula is C22H15N3O. The summed E-state index contributed by atoms with van der Waals surface area (Å²) in [7, 11) is 0. The molecule has 0 amide bonds. The largest absolute Gasteiger partial charge is 0.352 e. The van der Waals surface area contributed by atoms with E-state index in [2.05, 4.69) is 27.1 Å². The summed E-state index contributed by atoms with van der Waals surface area (Å²) in [4.78, 5) is 24.0. The summed E-state index contributed by atoms with van der Waals surface area (Å²) in [5.41, 5.74) is 5.02. The number of hydrogen-bond donors (Lipinski definition) is 2. The highest BCUT2D eigenvalue weighted by Crippen LogP contribution is 2.25. The number of H-pyrrole nitrogens is 2. The van der Waals surface area contributed by atoms with E-state index in [1.165, 1.54) is 0 Å². The van der Waals surface area contributed by atoms with Crippen molar-refractivity contribution in [2.45, 2.75) is 0 Å². The number of ketones is 1. The van der Waals surface area contributed by atoms with Gasteiger partial charge in [0.05, 0.1) is 16.7 Å². The van der Waals surface area contributed by atoms with Crippen LogP contribution >= 0.6 is 0 Å². The zero-order chi connectivity index (χ0) is 17.5. The minimum Gasteiger partial charge on any atom is -0.352 e. The van der Waals surface area contributed by atoms with Crippen LogP contribution in [0.1, 0.15) is 15.9 Å². The minimum atomic E-state index is 0.00858. The SMILES string of the molecule is O=C(c1ccccc1)c1ccc2nc(-c3cc4ccccc4[nH]3)[nH]c2c1. The zero-order valence-electron chi connectivity index (χ0n) is 13.9. The van der Waals surface area contributed by atoms with Crippen LogP contribution in [-0.4, -0.2) is 20.7 Å². The quantitative estimate of drug-likeness (QED) is 0.458. The molecule has 0 atom stereocenters. The number of para-hydroxylation sites is 1. The molecule has 5 rings (SSSR count). The molecule has 2 N–H and O–H groups in total. The molecule has 0 saturated carbocycles. The van der Waals surface area contributed by atoms with Crippen molar-refractivity contribution in [1.82, 2.24) is 15.0 Å². The first-order valence-corrected chi connectivity index (χ1v) is 8.45. The number of aromatic nitrogens is 3. The van der Waals surface area contributed by atoms with E-state index in [9.17, 15) is 4.79 Å². The molecule has 0 saturated heterocycles. The molecule has 0 bridgehead atoms. The number of nitrogens with zero attached hydrogens (tertiary/aromatic N) is 1. The maximum Gasteiger partial charge on any atom is 0.193 e. The lowest BCUT2D eigenvalue weighted by atomic mass is 10.0.